The summed E-state index contributed by atoms with van der Waals surface area (Å²) in [5.74, 6) is 1.56. The summed E-state index contributed by atoms with van der Waals surface area (Å²) in [5, 5.41) is 0. The van der Waals surface area contributed by atoms with Crippen molar-refractivity contribution >= 4 is 0 Å². The highest BCUT2D eigenvalue weighted by molar-refractivity contribution is 5.30. The Bertz CT molecular complexity index is 407. The Hall–Kier alpha value is -1.06. The lowest BCUT2D eigenvalue weighted by Gasteiger charge is -2.40. The van der Waals surface area contributed by atoms with Crippen molar-refractivity contribution < 1.29 is 4.74 Å². The quantitative estimate of drug-likeness (QED) is 0.907. The molecule has 19 heavy (non-hydrogen) atoms. The largest absolute Gasteiger partial charge is 0.497 e. The molecule has 3 nitrogen and oxygen atoms in total. The first-order valence-electron chi connectivity index (χ1n) is 7.29. The van der Waals surface area contributed by atoms with Crippen LogP contribution in [-0.2, 0) is 0 Å². The van der Waals surface area contributed by atoms with Gasteiger partial charge in [0.15, 0.2) is 0 Å². The molecule has 3 atom stereocenters. The van der Waals surface area contributed by atoms with Gasteiger partial charge in [-0.05, 0) is 37.0 Å². The lowest BCUT2D eigenvalue weighted by molar-refractivity contribution is 0.114. The summed E-state index contributed by atoms with van der Waals surface area (Å²) in [5.41, 5.74) is 7.51. The van der Waals surface area contributed by atoms with Crippen LogP contribution in [0.25, 0.3) is 0 Å². The van der Waals surface area contributed by atoms with Gasteiger partial charge >= 0.3 is 0 Å². The fraction of sp³-hybridized carbons (Fsp3) is 0.625. The zero-order valence-corrected chi connectivity index (χ0v) is 12.3. The van der Waals surface area contributed by atoms with E-state index in [2.05, 4.69) is 36.9 Å². The van der Waals surface area contributed by atoms with Gasteiger partial charge in [0.25, 0.3) is 0 Å². The van der Waals surface area contributed by atoms with Crippen LogP contribution in [0.3, 0.4) is 0 Å². The first-order valence-corrected chi connectivity index (χ1v) is 7.29. The van der Waals surface area contributed by atoms with Gasteiger partial charge in [-0.25, -0.2) is 0 Å². The number of ether oxygens (including phenoxy) is 1. The molecule has 0 spiro atoms. The second-order valence-corrected chi connectivity index (χ2v) is 5.57. The number of rotatable bonds is 4. The highest BCUT2D eigenvalue weighted by Gasteiger charge is 2.28. The highest BCUT2D eigenvalue weighted by Crippen LogP contribution is 2.29. The van der Waals surface area contributed by atoms with E-state index in [4.69, 9.17) is 10.5 Å². The Morgan fingerprint density at radius 1 is 1.47 bits per heavy atom. The monoisotopic (exact) mass is 262 g/mol. The normalized spacial score (nSPS) is 26.1. The molecule has 0 aromatic heterocycles. The van der Waals surface area contributed by atoms with E-state index in [1.807, 2.05) is 6.07 Å². The fourth-order valence-corrected chi connectivity index (χ4v) is 2.97. The number of hydrogen-bond acceptors (Lipinski definition) is 3. The van der Waals surface area contributed by atoms with Gasteiger partial charge in [-0.15, -0.1) is 0 Å². The molecule has 1 aromatic carbocycles. The molecule has 1 saturated heterocycles. The minimum absolute atomic E-state index is 0.374. The van der Waals surface area contributed by atoms with E-state index < -0.39 is 0 Å². The van der Waals surface area contributed by atoms with Gasteiger partial charge in [-0.2, -0.15) is 0 Å². The van der Waals surface area contributed by atoms with E-state index in [-0.39, 0.29) is 0 Å². The third kappa shape index (κ3) is 3.28. The van der Waals surface area contributed by atoms with Crippen molar-refractivity contribution in [1.82, 2.24) is 4.90 Å². The minimum Gasteiger partial charge on any atom is -0.497 e. The SMILES string of the molecule is CCC1CN(C(C)c2cccc(OC)c2)CCC1N. The highest BCUT2D eigenvalue weighted by atomic mass is 16.5. The van der Waals surface area contributed by atoms with Crippen LogP contribution >= 0.6 is 0 Å². The van der Waals surface area contributed by atoms with Crippen LogP contribution in [0.2, 0.25) is 0 Å². The average molecular weight is 262 g/mol. The predicted molar refractivity (Wildman–Crippen MR) is 79.4 cm³/mol. The third-order valence-electron chi connectivity index (χ3n) is 4.47. The Morgan fingerprint density at radius 2 is 2.26 bits per heavy atom. The van der Waals surface area contributed by atoms with Gasteiger partial charge in [0.05, 0.1) is 7.11 Å². The van der Waals surface area contributed by atoms with Crippen LogP contribution in [-0.4, -0.2) is 31.1 Å². The van der Waals surface area contributed by atoms with Gasteiger partial charge < -0.3 is 10.5 Å². The molecule has 1 aliphatic rings. The van der Waals surface area contributed by atoms with Gasteiger partial charge in [0.1, 0.15) is 5.75 Å². The third-order valence-corrected chi connectivity index (χ3v) is 4.47. The van der Waals surface area contributed by atoms with Crippen molar-refractivity contribution in [3.05, 3.63) is 29.8 Å². The second kappa shape index (κ2) is 6.40. The molecule has 3 unspecified atom stereocenters. The summed E-state index contributed by atoms with van der Waals surface area (Å²) in [6, 6.07) is 9.19. The average Bonchev–Trinajstić information content (AvgIpc) is 2.47. The molecule has 1 heterocycles. The smallest absolute Gasteiger partial charge is 0.119 e. The second-order valence-electron chi connectivity index (χ2n) is 5.57. The van der Waals surface area contributed by atoms with E-state index in [1.165, 1.54) is 12.0 Å². The number of nitrogens with two attached hydrogens (primary N) is 1. The summed E-state index contributed by atoms with van der Waals surface area (Å²) in [6.45, 7) is 6.72. The lowest BCUT2D eigenvalue weighted by Crippen LogP contribution is -2.47. The molecular weight excluding hydrogens is 236 g/mol. The van der Waals surface area contributed by atoms with Crippen LogP contribution in [0.1, 0.15) is 38.3 Å². The molecule has 0 radical (unpaired) electrons. The summed E-state index contributed by atoms with van der Waals surface area (Å²) >= 11 is 0. The van der Waals surface area contributed by atoms with Crippen molar-refractivity contribution in [2.75, 3.05) is 20.2 Å². The maximum atomic E-state index is 6.19. The van der Waals surface area contributed by atoms with Gasteiger partial charge in [-0.3, -0.25) is 4.90 Å². The van der Waals surface area contributed by atoms with Crippen molar-refractivity contribution in [2.24, 2.45) is 11.7 Å². The standard InChI is InChI=1S/C16H26N2O/c1-4-13-11-18(9-8-16(13)17)12(2)14-6-5-7-15(10-14)19-3/h5-7,10,12-13,16H,4,8-9,11,17H2,1-3H3. The molecular formula is C16H26N2O. The van der Waals surface area contributed by atoms with E-state index in [0.717, 1.165) is 25.3 Å². The molecule has 0 aliphatic carbocycles. The van der Waals surface area contributed by atoms with E-state index >= 15 is 0 Å². The van der Waals surface area contributed by atoms with E-state index in [0.29, 0.717) is 18.0 Å². The lowest BCUT2D eigenvalue weighted by atomic mass is 9.89. The van der Waals surface area contributed by atoms with E-state index in [1.54, 1.807) is 7.11 Å². The predicted octanol–water partition coefficient (Wildman–Crippen LogP) is 2.82. The van der Waals surface area contributed by atoms with Gasteiger partial charge in [0.2, 0.25) is 0 Å². The maximum absolute atomic E-state index is 6.19. The summed E-state index contributed by atoms with van der Waals surface area (Å²) in [4.78, 5) is 2.55. The Labute approximate surface area is 116 Å². The number of hydrogen-bond donors (Lipinski definition) is 1. The fourth-order valence-electron chi connectivity index (χ4n) is 2.97. The molecule has 2 rings (SSSR count). The molecule has 0 bridgehead atoms. The van der Waals surface area contributed by atoms with Crippen LogP contribution in [0.4, 0.5) is 0 Å². The summed E-state index contributed by atoms with van der Waals surface area (Å²) in [6.07, 6.45) is 2.27. The van der Waals surface area contributed by atoms with Crippen molar-refractivity contribution in [3.63, 3.8) is 0 Å². The molecule has 1 fully saturated rings. The van der Waals surface area contributed by atoms with E-state index in [9.17, 15) is 0 Å². The zero-order chi connectivity index (χ0) is 13.8. The van der Waals surface area contributed by atoms with Crippen molar-refractivity contribution in [1.29, 1.82) is 0 Å². The molecule has 1 aliphatic heterocycles. The van der Waals surface area contributed by atoms with Gasteiger partial charge in [-0.1, -0.05) is 25.5 Å². The first kappa shape index (κ1) is 14.4. The molecule has 3 heteroatoms. The Balaban J connectivity index is 2.08. The molecule has 0 amide bonds. The van der Waals surface area contributed by atoms with Crippen molar-refractivity contribution in [3.8, 4) is 5.75 Å². The number of piperidine rings is 1. The number of likely N-dealkylation sites (tertiary alicyclic amines) is 1. The Morgan fingerprint density at radius 3 is 2.95 bits per heavy atom. The first-order chi connectivity index (χ1) is 9.15. The molecule has 0 saturated carbocycles. The minimum atomic E-state index is 0.374. The molecule has 1 aromatic rings. The van der Waals surface area contributed by atoms with Gasteiger partial charge in [0, 0.05) is 25.2 Å². The van der Waals surface area contributed by atoms with Crippen LogP contribution in [0.5, 0.6) is 5.75 Å². The zero-order valence-electron chi connectivity index (χ0n) is 12.3. The molecule has 2 N–H and O–H groups in total. The summed E-state index contributed by atoms with van der Waals surface area (Å²) < 4.78 is 5.31. The number of methoxy groups -OCH3 is 1. The van der Waals surface area contributed by atoms with Crippen molar-refractivity contribution in [2.45, 2.75) is 38.8 Å². The van der Waals surface area contributed by atoms with Crippen LogP contribution < -0.4 is 10.5 Å². The summed E-state index contributed by atoms with van der Waals surface area (Å²) in [7, 11) is 1.72. The maximum Gasteiger partial charge on any atom is 0.119 e. The van der Waals surface area contributed by atoms with Crippen LogP contribution in [0.15, 0.2) is 24.3 Å². The number of benzene rings is 1. The topological polar surface area (TPSA) is 38.5 Å². The Kier molecular flexibility index (Phi) is 4.83. The number of nitrogens with zero attached hydrogens (tertiary/aromatic N) is 1. The molecule has 106 valence electrons. The van der Waals surface area contributed by atoms with Crippen LogP contribution in [0, 0.1) is 5.92 Å².